The molecular weight excluding hydrogens is 330 g/mol. The van der Waals surface area contributed by atoms with Crippen LogP contribution in [-0.4, -0.2) is 41.8 Å². The Labute approximate surface area is 145 Å². The molecule has 1 aromatic carbocycles. The standard InChI is InChI=1S/C18H18ClNO4/c1-2-24-18(23)14-6-7-20-16(14)15(21)10-12(17(20)22)8-11-4-3-5-13(19)9-11/h3-5,9-10,14,16H,2,6-8H2,1H3. The molecule has 1 aromatic rings. The molecule has 24 heavy (non-hydrogen) atoms. The maximum Gasteiger partial charge on any atom is 0.311 e. The van der Waals surface area contributed by atoms with Gasteiger partial charge in [-0.25, -0.2) is 0 Å². The smallest absolute Gasteiger partial charge is 0.311 e. The molecule has 0 aliphatic carbocycles. The Kier molecular flexibility index (Phi) is 4.71. The number of carbonyl (C=O) groups excluding carboxylic acids is 3. The highest BCUT2D eigenvalue weighted by Crippen LogP contribution is 2.32. The zero-order valence-electron chi connectivity index (χ0n) is 13.3. The first-order valence-corrected chi connectivity index (χ1v) is 8.35. The van der Waals surface area contributed by atoms with Crippen LogP contribution >= 0.6 is 11.6 Å². The van der Waals surface area contributed by atoms with Crippen LogP contribution in [0.2, 0.25) is 5.02 Å². The lowest BCUT2D eigenvalue weighted by Gasteiger charge is -2.30. The van der Waals surface area contributed by atoms with E-state index in [9.17, 15) is 14.4 Å². The molecule has 2 heterocycles. The third-order valence-corrected chi connectivity index (χ3v) is 4.65. The minimum absolute atomic E-state index is 0.189. The molecule has 5 nitrogen and oxygen atoms in total. The van der Waals surface area contributed by atoms with Gasteiger partial charge < -0.3 is 9.64 Å². The lowest BCUT2D eigenvalue weighted by atomic mass is 9.91. The lowest BCUT2D eigenvalue weighted by Crippen LogP contribution is -2.48. The van der Waals surface area contributed by atoms with Crippen LogP contribution in [0.15, 0.2) is 35.9 Å². The van der Waals surface area contributed by atoms with Gasteiger partial charge in [-0.1, -0.05) is 23.7 Å². The number of amides is 1. The molecule has 2 aliphatic rings. The van der Waals surface area contributed by atoms with Crippen LogP contribution in [0.3, 0.4) is 0 Å². The molecule has 0 bridgehead atoms. The van der Waals surface area contributed by atoms with E-state index in [1.54, 1.807) is 19.1 Å². The van der Waals surface area contributed by atoms with Crippen molar-refractivity contribution in [2.24, 2.45) is 5.92 Å². The second kappa shape index (κ2) is 6.77. The summed E-state index contributed by atoms with van der Waals surface area (Å²) in [6, 6.07) is 6.48. The van der Waals surface area contributed by atoms with Crippen LogP contribution in [0.25, 0.3) is 0 Å². The maximum atomic E-state index is 12.7. The third-order valence-electron chi connectivity index (χ3n) is 4.41. The fraction of sp³-hybridized carbons (Fsp3) is 0.389. The quantitative estimate of drug-likeness (QED) is 0.783. The zero-order valence-corrected chi connectivity index (χ0v) is 14.1. The largest absolute Gasteiger partial charge is 0.466 e. The molecule has 2 unspecified atom stereocenters. The molecule has 2 aliphatic heterocycles. The van der Waals surface area contributed by atoms with E-state index in [-0.39, 0.29) is 18.3 Å². The van der Waals surface area contributed by atoms with Crippen molar-refractivity contribution < 1.29 is 19.1 Å². The number of fused-ring (bicyclic) bond motifs is 1. The molecule has 2 atom stereocenters. The molecule has 3 rings (SSSR count). The first-order chi connectivity index (χ1) is 11.5. The number of esters is 1. The molecule has 6 heteroatoms. The summed E-state index contributed by atoms with van der Waals surface area (Å²) in [5.74, 6) is -1.36. The topological polar surface area (TPSA) is 63.7 Å². The number of hydrogen-bond acceptors (Lipinski definition) is 4. The molecule has 1 amide bonds. The monoisotopic (exact) mass is 347 g/mol. The zero-order chi connectivity index (χ0) is 17.3. The fourth-order valence-electron chi connectivity index (χ4n) is 3.36. The highest BCUT2D eigenvalue weighted by molar-refractivity contribution is 6.30. The summed E-state index contributed by atoms with van der Waals surface area (Å²) in [5.41, 5.74) is 1.30. The Balaban J connectivity index is 1.82. The number of nitrogens with zero attached hydrogens (tertiary/aromatic N) is 1. The normalized spacial score (nSPS) is 23.1. The van der Waals surface area contributed by atoms with Gasteiger partial charge in [0.05, 0.1) is 12.5 Å². The van der Waals surface area contributed by atoms with Crippen LogP contribution in [-0.2, 0) is 25.5 Å². The Morgan fingerprint density at radius 3 is 2.88 bits per heavy atom. The number of ketones is 1. The van der Waals surface area contributed by atoms with E-state index < -0.39 is 17.9 Å². The van der Waals surface area contributed by atoms with Gasteiger partial charge in [0.2, 0.25) is 0 Å². The Bertz CT molecular complexity index is 727. The van der Waals surface area contributed by atoms with Gasteiger partial charge in [0.1, 0.15) is 6.04 Å². The molecule has 126 valence electrons. The van der Waals surface area contributed by atoms with Crippen molar-refractivity contribution in [1.82, 2.24) is 4.90 Å². The molecule has 0 radical (unpaired) electrons. The third kappa shape index (κ3) is 3.08. The van der Waals surface area contributed by atoms with Gasteiger partial charge in [0, 0.05) is 23.6 Å². The van der Waals surface area contributed by atoms with Crippen molar-refractivity contribution in [2.45, 2.75) is 25.8 Å². The first-order valence-electron chi connectivity index (χ1n) is 7.97. The molecule has 1 saturated heterocycles. The van der Waals surface area contributed by atoms with Crippen molar-refractivity contribution in [3.05, 3.63) is 46.5 Å². The number of ether oxygens (including phenoxy) is 1. The van der Waals surface area contributed by atoms with Crippen LogP contribution in [0.1, 0.15) is 18.9 Å². The predicted molar refractivity (Wildman–Crippen MR) is 88.5 cm³/mol. The van der Waals surface area contributed by atoms with Crippen molar-refractivity contribution in [3.8, 4) is 0 Å². The van der Waals surface area contributed by atoms with Gasteiger partial charge in [-0.05, 0) is 37.1 Å². The highest BCUT2D eigenvalue weighted by atomic mass is 35.5. The van der Waals surface area contributed by atoms with Crippen molar-refractivity contribution in [1.29, 1.82) is 0 Å². The van der Waals surface area contributed by atoms with Gasteiger partial charge >= 0.3 is 5.97 Å². The fourth-order valence-corrected chi connectivity index (χ4v) is 3.58. The molecule has 1 fully saturated rings. The lowest BCUT2D eigenvalue weighted by molar-refractivity contribution is -0.151. The number of halogens is 1. The molecular formula is C18H18ClNO4. The Morgan fingerprint density at radius 1 is 1.38 bits per heavy atom. The van der Waals surface area contributed by atoms with Crippen LogP contribution in [0.5, 0.6) is 0 Å². The Hall–Kier alpha value is -2.14. The Morgan fingerprint density at radius 2 is 2.17 bits per heavy atom. The summed E-state index contributed by atoms with van der Waals surface area (Å²) < 4.78 is 5.03. The summed E-state index contributed by atoms with van der Waals surface area (Å²) in [6.07, 6.45) is 2.18. The van der Waals surface area contributed by atoms with E-state index in [4.69, 9.17) is 16.3 Å². The summed E-state index contributed by atoms with van der Waals surface area (Å²) >= 11 is 5.97. The molecule has 0 aromatic heterocycles. The second-order valence-corrected chi connectivity index (χ2v) is 6.41. The van der Waals surface area contributed by atoms with Crippen molar-refractivity contribution >= 4 is 29.3 Å². The van der Waals surface area contributed by atoms with Crippen molar-refractivity contribution in [2.75, 3.05) is 13.2 Å². The number of rotatable bonds is 4. The second-order valence-electron chi connectivity index (χ2n) is 5.97. The summed E-state index contributed by atoms with van der Waals surface area (Å²) in [7, 11) is 0. The van der Waals surface area contributed by atoms with Crippen LogP contribution < -0.4 is 0 Å². The van der Waals surface area contributed by atoms with Crippen LogP contribution in [0.4, 0.5) is 0 Å². The van der Waals surface area contributed by atoms with Crippen LogP contribution in [0, 0.1) is 5.92 Å². The molecule has 0 N–H and O–H groups in total. The first kappa shape index (κ1) is 16.7. The van der Waals surface area contributed by atoms with Gasteiger partial charge in [-0.2, -0.15) is 0 Å². The number of carbonyl (C=O) groups is 3. The van der Waals surface area contributed by atoms with E-state index in [0.29, 0.717) is 30.0 Å². The van der Waals surface area contributed by atoms with E-state index in [1.807, 2.05) is 12.1 Å². The average molecular weight is 348 g/mol. The van der Waals surface area contributed by atoms with E-state index in [2.05, 4.69) is 0 Å². The van der Waals surface area contributed by atoms with E-state index >= 15 is 0 Å². The summed E-state index contributed by atoms with van der Waals surface area (Å²) in [4.78, 5) is 38.7. The number of hydrogen-bond donors (Lipinski definition) is 0. The van der Waals surface area contributed by atoms with E-state index in [0.717, 1.165) is 5.56 Å². The molecule has 0 spiro atoms. The maximum absolute atomic E-state index is 12.7. The van der Waals surface area contributed by atoms with E-state index in [1.165, 1.54) is 11.0 Å². The van der Waals surface area contributed by atoms with Crippen molar-refractivity contribution in [3.63, 3.8) is 0 Å². The minimum Gasteiger partial charge on any atom is -0.466 e. The predicted octanol–water partition coefficient (Wildman–Crippen LogP) is 2.17. The van der Waals surface area contributed by atoms with Gasteiger partial charge in [-0.3, -0.25) is 14.4 Å². The van der Waals surface area contributed by atoms with Gasteiger partial charge in [0.15, 0.2) is 5.78 Å². The van der Waals surface area contributed by atoms with Gasteiger partial charge in [0.25, 0.3) is 5.91 Å². The summed E-state index contributed by atoms with van der Waals surface area (Å²) in [6.45, 7) is 2.38. The number of benzene rings is 1. The highest BCUT2D eigenvalue weighted by Gasteiger charge is 2.48. The summed E-state index contributed by atoms with van der Waals surface area (Å²) in [5, 5.41) is 0.587. The van der Waals surface area contributed by atoms with Gasteiger partial charge in [-0.15, -0.1) is 0 Å². The average Bonchev–Trinajstić information content (AvgIpc) is 2.98. The minimum atomic E-state index is -0.723. The SMILES string of the molecule is CCOC(=O)C1CCN2C(=O)C(Cc3cccc(Cl)c3)=CC(=O)C12. The molecule has 0 saturated carbocycles.